The van der Waals surface area contributed by atoms with Crippen molar-refractivity contribution < 1.29 is 0 Å². The predicted molar refractivity (Wildman–Crippen MR) is 48.5 cm³/mol. The summed E-state index contributed by atoms with van der Waals surface area (Å²) in [5.41, 5.74) is 7.02. The van der Waals surface area contributed by atoms with Gasteiger partial charge in [-0.2, -0.15) is 0 Å². The van der Waals surface area contributed by atoms with Gasteiger partial charge in [0.05, 0.1) is 0 Å². The van der Waals surface area contributed by atoms with Crippen LogP contribution in [-0.4, -0.2) is 31.6 Å². The predicted octanol–water partition coefficient (Wildman–Crippen LogP) is 0.987. The molecule has 0 bridgehead atoms. The first-order valence-corrected chi connectivity index (χ1v) is 4.39. The topological polar surface area (TPSA) is 29.3 Å². The van der Waals surface area contributed by atoms with Crippen LogP contribution in [0.1, 0.15) is 19.3 Å². The number of hydrogen-bond acceptors (Lipinski definition) is 2. The average Bonchev–Trinajstić information content (AvgIpc) is 2.04. The van der Waals surface area contributed by atoms with Crippen molar-refractivity contribution in [2.45, 2.75) is 19.3 Å². The van der Waals surface area contributed by atoms with Gasteiger partial charge in [0.15, 0.2) is 0 Å². The molecule has 1 aliphatic rings. The number of hydrogen-bond donors (Lipinski definition) is 1. The van der Waals surface area contributed by atoms with Crippen LogP contribution in [0.3, 0.4) is 0 Å². The van der Waals surface area contributed by atoms with Gasteiger partial charge < -0.3 is 10.6 Å². The Hall–Kier alpha value is -0.340. The fourth-order valence-electron chi connectivity index (χ4n) is 1.40. The first-order chi connectivity index (χ1) is 5.33. The van der Waals surface area contributed by atoms with Crippen molar-refractivity contribution in [3.8, 4) is 0 Å². The molecule has 1 aliphatic heterocycles. The Morgan fingerprint density at radius 2 is 2.09 bits per heavy atom. The lowest BCUT2D eigenvalue weighted by Crippen LogP contribution is -2.26. The average molecular weight is 154 g/mol. The molecule has 1 rings (SSSR count). The molecular weight excluding hydrogens is 136 g/mol. The van der Waals surface area contributed by atoms with E-state index in [0.29, 0.717) is 0 Å². The molecule has 0 radical (unpaired) electrons. The molecule has 0 saturated carbocycles. The number of nitrogens with zero attached hydrogens (tertiary/aromatic N) is 1. The molecule has 0 aliphatic carbocycles. The van der Waals surface area contributed by atoms with E-state index in [0.717, 1.165) is 13.0 Å². The highest BCUT2D eigenvalue weighted by Gasteiger charge is 2.08. The molecule has 2 heteroatoms. The lowest BCUT2D eigenvalue weighted by molar-refractivity contribution is 0.312. The van der Waals surface area contributed by atoms with Crippen LogP contribution in [0.15, 0.2) is 11.6 Å². The third-order valence-corrected chi connectivity index (χ3v) is 2.23. The number of rotatable bonds is 2. The zero-order valence-electron chi connectivity index (χ0n) is 7.34. The van der Waals surface area contributed by atoms with Crippen molar-refractivity contribution in [1.29, 1.82) is 0 Å². The van der Waals surface area contributed by atoms with Crippen molar-refractivity contribution in [2.24, 2.45) is 5.73 Å². The standard InChI is InChI=1S/C9H18N2/c1-11-7-4-9(5-8-11)3-2-6-10/h3H,2,4-8,10H2,1H3. The summed E-state index contributed by atoms with van der Waals surface area (Å²) in [6.45, 7) is 3.23. The quantitative estimate of drug-likeness (QED) is 0.601. The van der Waals surface area contributed by atoms with Crippen LogP contribution in [0, 0.1) is 0 Å². The minimum Gasteiger partial charge on any atom is -0.330 e. The fourth-order valence-corrected chi connectivity index (χ4v) is 1.40. The molecule has 11 heavy (non-hydrogen) atoms. The van der Waals surface area contributed by atoms with Gasteiger partial charge in [0.2, 0.25) is 0 Å². The number of nitrogens with two attached hydrogens (primary N) is 1. The molecule has 2 N–H and O–H groups in total. The van der Waals surface area contributed by atoms with E-state index in [2.05, 4.69) is 18.0 Å². The second-order valence-electron chi connectivity index (χ2n) is 3.24. The van der Waals surface area contributed by atoms with Crippen LogP contribution in [0.5, 0.6) is 0 Å². The zero-order valence-corrected chi connectivity index (χ0v) is 7.34. The van der Waals surface area contributed by atoms with Crippen LogP contribution in [0.2, 0.25) is 0 Å². The summed E-state index contributed by atoms with van der Waals surface area (Å²) < 4.78 is 0. The molecule has 64 valence electrons. The summed E-state index contributed by atoms with van der Waals surface area (Å²) in [6, 6.07) is 0. The second-order valence-corrected chi connectivity index (χ2v) is 3.24. The molecule has 0 amide bonds. The van der Waals surface area contributed by atoms with Crippen LogP contribution >= 0.6 is 0 Å². The Bertz CT molecular complexity index is 130. The van der Waals surface area contributed by atoms with E-state index in [-0.39, 0.29) is 0 Å². The Morgan fingerprint density at radius 1 is 1.45 bits per heavy atom. The van der Waals surface area contributed by atoms with Gasteiger partial charge in [0, 0.05) is 13.1 Å². The highest BCUT2D eigenvalue weighted by atomic mass is 15.1. The summed E-state index contributed by atoms with van der Waals surface area (Å²) in [4.78, 5) is 2.37. The lowest BCUT2D eigenvalue weighted by Gasteiger charge is -2.23. The van der Waals surface area contributed by atoms with Crippen molar-refractivity contribution in [2.75, 3.05) is 26.7 Å². The van der Waals surface area contributed by atoms with Crippen LogP contribution < -0.4 is 5.73 Å². The van der Waals surface area contributed by atoms with E-state index in [9.17, 15) is 0 Å². The Kier molecular flexibility index (Phi) is 3.60. The van der Waals surface area contributed by atoms with Crippen molar-refractivity contribution in [3.63, 3.8) is 0 Å². The lowest BCUT2D eigenvalue weighted by atomic mass is 10.0. The molecule has 0 spiro atoms. The first-order valence-electron chi connectivity index (χ1n) is 4.39. The molecule has 1 fully saturated rings. The molecule has 1 heterocycles. The van der Waals surface area contributed by atoms with Gasteiger partial charge in [-0.15, -0.1) is 0 Å². The molecule has 0 unspecified atom stereocenters. The van der Waals surface area contributed by atoms with E-state index in [4.69, 9.17) is 5.73 Å². The van der Waals surface area contributed by atoms with E-state index < -0.39 is 0 Å². The Labute approximate surface area is 69.1 Å². The highest BCUT2D eigenvalue weighted by Crippen LogP contribution is 2.14. The molecule has 2 nitrogen and oxygen atoms in total. The van der Waals surface area contributed by atoms with Gasteiger partial charge in [0.25, 0.3) is 0 Å². The molecule has 0 aromatic rings. The van der Waals surface area contributed by atoms with Gasteiger partial charge in [-0.1, -0.05) is 11.6 Å². The number of likely N-dealkylation sites (tertiary alicyclic amines) is 1. The van der Waals surface area contributed by atoms with Crippen molar-refractivity contribution >= 4 is 0 Å². The summed E-state index contributed by atoms with van der Waals surface area (Å²) >= 11 is 0. The summed E-state index contributed by atoms with van der Waals surface area (Å²) in [5, 5.41) is 0. The molecule has 0 atom stereocenters. The van der Waals surface area contributed by atoms with Crippen LogP contribution in [0.25, 0.3) is 0 Å². The maximum atomic E-state index is 5.42. The van der Waals surface area contributed by atoms with Gasteiger partial charge in [-0.25, -0.2) is 0 Å². The maximum absolute atomic E-state index is 5.42. The molecular formula is C9H18N2. The van der Waals surface area contributed by atoms with E-state index >= 15 is 0 Å². The van der Waals surface area contributed by atoms with Gasteiger partial charge in [0.1, 0.15) is 0 Å². The van der Waals surface area contributed by atoms with Gasteiger partial charge >= 0.3 is 0 Å². The van der Waals surface area contributed by atoms with Crippen LogP contribution in [-0.2, 0) is 0 Å². The molecule has 0 aromatic heterocycles. The minimum absolute atomic E-state index is 0.791. The first kappa shape index (κ1) is 8.75. The van der Waals surface area contributed by atoms with Crippen molar-refractivity contribution in [3.05, 3.63) is 11.6 Å². The van der Waals surface area contributed by atoms with Crippen LogP contribution in [0.4, 0.5) is 0 Å². The monoisotopic (exact) mass is 154 g/mol. The third-order valence-electron chi connectivity index (χ3n) is 2.23. The van der Waals surface area contributed by atoms with E-state index in [1.54, 1.807) is 5.57 Å². The maximum Gasteiger partial charge on any atom is 0.00157 e. The van der Waals surface area contributed by atoms with E-state index in [1.807, 2.05) is 0 Å². The van der Waals surface area contributed by atoms with Gasteiger partial charge in [-0.3, -0.25) is 0 Å². The highest BCUT2D eigenvalue weighted by molar-refractivity contribution is 5.05. The minimum atomic E-state index is 0.791. The molecule has 0 aromatic carbocycles. The molecule has 1 saturated heterocycles. The zero-order chi connectivity index (χ0) is 8.10. The fraction of sp³-hybridized carbons (Fsp3) is 0.778. The SMILES string of the molecule is CN1CCC(=CCCN)CC1. The normalized spacial score (nSPS) is 20.4. The largest absolute Gasteiger partial charge is 0.330 e. The summed E-state index contributed by atoms with van der Waals surface area (Å²) in [5.74, 6) is 0. The van der Waals surface area contributed by atoms with Crippen molar-refractivity contribution in [1.82, 2.24) is 4.90 Å². The van der Waals surface area contributed by atoms with E-state index in [1.165, 1.54) is 25.9 Å². The Morgan fingerprint density at radius 3 is 2.64 bits per heavy atom. The number of piperidine rings is 1. The second kappa shape index (κ2) is 4.52. The van der Waals surface area contributed by atoms with Gasteiger partial charge in [-0.05, 0) is 32.9 Å². The summed E-state index contributed by atoms with van der Waals surface area (Å²) in [7, 11) is 2.18. The third kappa shape index (κ3) is 3.04. The summed E-state index contributed by atoms with van der Waals surface area (Å²) in [6.07, 6.45) is 5.86. The smallest absolute Gasteiger partial charge is 0.00157 e. The Balaban J connectivity index is 2.26.